The van der Waals surface area contributed by atoms with Crippen LogP contribution in [-0.4, -0.2) is 16.2 Å². The summed E-state index contributed by atoms with van der Waals surface area (Å²) < 4.78 is 9.59. The first-order valence-electron chi connectivity index (χ1n) is 7.33. The molecule has 2 aromatic rings. The molecule has 0 radical (unpaired) electrons. The van der Waals surface area contributed by atoms with Crippen molar-refractivity contribution in [2.45, 2.75) is 38.6 Å². The summed E-state index contributed by atoms with van der Waals surface area (Å²) in [7, 11) is 0. The molecule has 0 bridgehead atoms. The van der Waals surface area contributed by atoms with E-state index < -0.39 is 0 Å². The number of rotatable bonds is 6. The molecule has 3 N–H and O–H groups in total. The Hall–Kier alpha value is -1.50. The zero-order chi connectivity index (χ0) is 14.7. The van der Waals surface area contributed by atoms with E-state index in [-0.39, 0.29) is 6.04 Å². The Bertz CT molecular complexity index is 613. The van der Waals surface area contributed by atoms with E-state index in [0.717, 1.165) is 48.6 Å². The van der Waals surface area contributed by atoms with Crippen molar-refractivity contribution in [3.63, 3.8) is 0 Å². The van der Waals surface area contributed by atoms with E-state index in [2.05, 4.69) is 40.1 Å². The monoisotopic (exact) mass is 304 g/mol. The first kappa shape index (κ1) is 14.4. The van der Waals surface area contributed by atoms with Gasteiger partial charge in [-0.2, -0.15) is 0 Å². The van der Waals surface area contributed by atoms with Crippen molar-refractivity contribution in [2.75, 3.05) is 6.61 Å². The molecule has 3 rings (SSSR count). The van der Waals surface area contributed by atoms with Crippen LogP contribution in [0.2, 0.25) is 0 Å². The van der Waals surface area contributed by atoms with Gasteiger partial charge >= 0.3 is 0 Å². The van der Waals surface area contributed by atoms with Gasteiger partial charge in [0.25, 0.3) is 0 Å². The van der Waals surface area contributed by atoms with E-state index in [4.69, 9.17) is 10.6 Å². The highest BCUT2D eigenvalue weighted by Gasteiger charge is 2.18. The van der Waals surface area contributed by atoms with Crippen LogP contribution in [0.5, 0.6) is 5.75 Å². The van der Waals surface area contributed by atoms with Crippen LogP contribution in [0.3, 0.4) is 0 Å². The summed E-state index contributed by atoms with van der Waals surface area (Å²) in [6.07, 6.45) is 3.82. The van der Waals surface area contributed by atoms with Crippen molar-refractivity contribution in [3.8, 4) is 5.75 Å². The van der Waals surface area contributed by atoms with Gasteiger partial charge in [-0.1, -0.05) is 23.5 Å². The lowest BCUT2D eigenvalue weighted by molar-refractivity contribution is 0.357. The topological polar surface area (TPSA) is 73.1 Å². The predicted molar refractivity (Wildman–Crippen MR) is 83.3 cm³/mol. The molecule has 1 atom stereocenters. The van der Waals surface area contributed by atoms with E-state index in [1.54, 1.807) is 0 Å². The van der Waals surface area contributed by atoms with Crippen LogP contribution in [0.1, 0.15) is 41.1 Å². The van der Waals surface area contributed by atoms with Gasteiger partial charge < -0.3 is 4.74 Å². The number of aryl methyl sites for hydroxylation is 2. The molecule has 1 aliphatic rings. The van der Waals surface area contributed by atoms with Crippen LogP contribution in [0.4, 0.5) is 0 Å². The van der Waals surface area contributed by atoms with Crippen LogP contribution in [-0.2, 0) is 19.3 Å². The Balaban J connectivity index is 1.68. The van der Waals surface area contributed by atoms with Gasteiger partial charge in [-0.05, 0) is 48.0 Å². The Kier molecular flexibility index (Phi) is 4.48. The van der Waals surface area contributed by atoms with Crippen molar-refractivity contribution in [1.82, 2.24) is 15.0 Å². The van der Waals surface area contributed by atoms with E-state index >= 15 is 0 Å². The first-order valence-corrected chi connectivity index (χ1v) is 8.11. The SMILES string of the molecule is CCc1nnsc1C(CCc1ccc2c(c1)CCO2)NN. The molecule has 1 unspecified atom stereocenters. The number of nitrogens with zero attached hydrogens (tertiary/aromatic N) is 2. The fourth-order valence-electron chi connectivity index (χ4n) is 2.72. The number of hydrogen-bond donors (Lipinski definition) is 2. The number of aromatic nitrogens is 2. The summed E-state index contributed by atoms with van der Waals surface area (Å²) in [5.74, 6) is 6.76. The minimum absolute atomic E-state index is 0.115. The van der Waals surface area contributed by atoms with E-state index in [0.29, 0.717) is 0 Å². The lowest BCUT2D eigenvalue weighted by Gasteiger charge is -2.15. The van der Waals surface area contributed by atoms with Crippen molar-refractivity contribution >= 4 is 11.5 Å². The molecule has 1 aromatic carbocycles. The van der Waals surface area contributed by atoms with Gasteiger partial charge in [-0.3, -0.25) is 11.3 Å². The molecule has 21 heavy (non-hydrogen) atoms. The number of nitrogens with two attached hydrogens (primary N) is 1. The van der Waals surface area contributed by atoms with Crippen molar-refractivity contribution in [3.05, 3.63) is 39.9 Å². The van der Waals surface area contributed by atoms with Crippen LogP contribution in [0.15, 0.2) is 18.2 Å². The van der Waals surface area contributed by atoms with Gasteiger partial charge in [0.1, 0.15) is 5.75 Å². The average Bonchev–Trinajstić information content (AvgIpc) is 3.16. The highest BCUT2D eigenvalue weighted by atomic mass is 32.1. The summed E-state index contributed by atoms with van der Waals surface area (Å²) in [6, 6.07) is 6.59. The van der Waals surface area contributed by atoms with E-state index in [1.165, 1.54) is 22.7 Å². The molecule has 0 amide bonds. The lowest BCUT2D eigenvalue weighted by Crippen LogP contribution is -2.28. The predicted octanol–water partition coefficient (Wildman–Crippen LogP) is 2.17. The largest absolute Gasteiger partial charge is 0.493 e. The summed E-state index contributed by atoms with van der Waals surface area (Å²) in [5, 5.41) is 4.16. The summed E-state index contributed by atoms with van der Waals surface area (Å²) in [4.78, 5) is 1.16. The second-order valence-corrected chi connectivity index (χ2v) is 6.02. The zero-order valence-electron chi connectivity index (χ0n) is 12.1. The summed E-state index contributed by atoms with van der Waals surface area (Å²) in [6.45, 7) is 2.90. The second kappa shape index (κ2) is 6.51. The van der Waals surface area contributed by atoms with Crippen LogP contribution in [0.25, 0.3) is 0 Å². The fraction of sp³-hybridized carbons (Fsp3) is 0.467. The summed E-state index contributed by atoms with van der Waals surface area (Å²) in [5.41, 5.74) is 6.60. The summed E-state index contributed by atoms with van der Waals surface area (Å²) >= 11 is 1.44. The maximum absolute atomic E-state index is 5.72. The van der Waals surface area contributed by atoms with Crippen molar-refractivity contribution < 1.29 is 4.74 Å². The number of nitrogens with one attached hydrogen (secondary N) is 1. The van der Waals surface area contributed by atoms with Crippen LogP contribution in [0, 0.1) is 0 Å². The van der Waals surface area contributed by atoms with Gasteiger partial charge in [0.2, 0.25) is 0 Å². The van der Waals surface area contributed by atoms with E-state index in [9.17, 15) is 0 Å². The molecule has 2 heterocycles. The van der Waals surface area contributed by atoms with Crippen LogP contribution < -0.4 is 16.0 Å². The highest BCUT2D eigenvalue weighted by Crippen LogP contribution is 2.28. The molecular formula is C15H20N4OS. The maximum atomic E-state index is 5.72. The number of benzene rings is 1. The van der Waals surface area contributed by atoms with Crippen molar-refractivity contribution in [2.24, 2.45) is 5.84 Å². The van der Waals surface area contributed by atoms with Crippen LogP contribution >= 0.6 is 11.5 Å². The van der Waals surface area contributed by atoms with Crippen molar-refractivity contribution in [1.29, 1.82) is 0 Å². The van der Waals surface area contributed by atoms with Gasteiger partial charge in [-0.15, -0.1) is 5.10 Å². The molecule has 1 aliphatic heterocycles. The zero-order valence-corrected chi connectivity index (χ0v) is 12.9. The number of fused-ring (bicyclic) bond motifs is 1. The lowest BCUT2D eigenvalue weighted by atomic mass is 10.0. The molecule has 1 aromatic heterocycles. The standard InChI is InChI=1S/C15H20N4OS/c1-2-12-15(21-19-18-12)13(17-16)5-3-10-4-6-14-11(9-10)7-8-20-14/h4,6,9,13,17H,2-3,5,7-8,16H2,1H3. The minimum atomic E-state index is 0.115. The Morgan fingerprint density at radius 2 is 2.38 bits per heavy atom. The smallest absolute Gasteiger partial charge is 0.122 e. The third-order valence-electron chi connectivity index (χ3n) is 3.91. The minimum Gasteiger partial charge on any atom is -0.493 e. The maximum Gasteiger partial charge on any atom is 0.122 e. The molecule has 0 fully saturated rings. The normalized spacial score (nSPS) is 14.8. The first-order chi connectivity index (χ1) is 10.3. The number of ether oxygens (including phenoxy) is 1. The molecule has 6 heteroatoms. The third kappa shape index (κ3) is 3.07. The molecule has 0 spiro atoms. The Morgan fingerprint density at radius 3 is 3.19 bits per heavy atom. The Morgan fingerprint density at radius 1 is 1.48 bits per heavy atom. The van der Waals surface area contributed by atoms with E-state index in [1.807, 2.05) is 0 Å². The molecule has 112 valence electrons. The molecule has 0 saturated heterocycles. The number of hydrazine groups is 1. The highest BCUT2D eigenvalue weighted by molar-refractivity contribution is 7.05. The average molecular weight is 304 g/mol. The second-order valence-electron chi connectivity index (χ2n) is 5.24. The van der Waals surface area contributed by atoms with Gasteiger partial charge in [0.15, 0.2) is 0 Å². The van der Waals surface area contributed by atoms with Gasteiger partial charge in [0, 0.05) is 6.42 Å². The molecule has 5 nitrogen and oxygen atoms in total. The number of hydrogen-bond acceptors (Lipinski definition) is 6. The van der Waals surface area contributed by atoms with Gasteiger partial charge in [0.05, 0.1) is 23.2 Å². The molecule has 0 saturated carbocycles. The Labute approximate surface area is 128 Å². The quantitative estimate of drug-likeness (QED) is 0.632. The fourth-order valence-corrected chi connectivity index (χ4v) is 3.55. The molecule has 0 aliphatic carbocycles. The molecular weight excluding hydrogens is 284 g/mol. The third-order valence-corrected chi connectivity index (χ3v) is 4.79. The van der Waals surface area contributed by atoms with Gasteiger partial charge in [-0.25, -0.2) is 0 Å².